The van der Waals surface area contributed by atoms with Gasteiger partial charge in [-0.1, -0.05) is 12.1 Å². The van der Waals surface area contributed by atoms with Gasteiger partial charge in [-0.3, -0.25) is 4.98 Å². The van der Waals surface area contributed by atoms with E-state index in [1.165, 1.54) is 5.56 Å². The average molecular weight is 300 g/mol. The van der Waals surface area contributed by atoms with Crippen molar-refractivity contribution in [2.75, 3.05) is 7.11 Å². The van der Waals surface area contributed by atoms with E-state index in [0.717, 1.165) is 23.6 Å². The highest BCUT2D eigenvalue weighted by Gasteiger charge is 2.11. The molecule has 0 saturated heterocycles. The van der Waals surface area contributed by atoms with Crippen LogP contribution in [0.5, 0.6) is 11.5 Å². The molecule has 0 aliphatic rings. The van der Waals surface area contributed by atoms with E-state index in [4.69, 9.17) is 9.47 Å². The standard InChI is InChI=1S/C18H24N2O2/c1-13(2)22-17-8-7-16(10-18(17)21-4)14(3)20-12-15-6-5-9-19-11-15/h5-11,13-14,20H,12H2,1-4H3. The molecule has 0 saturated carbocycles. The minimum absolute atomic E-state index is 0.126. The van der Waals surface area contributed by atoms with E-state index in [-0.39, 0.29) is 12.1 Å². The van der Waals surface area contributed by atoms with Crippen LogP contribution in [0.4, 0.5) is 0 Å². The van der Waals surface area contributed by atoms with Gasteiger partial charge in [0.1, 0.15) is 0 Å². The monoisotopic (exact) mass is 300 g/mol. The van der Waals surface area contributed by atoms with Gasteiger partial charge in [-0.25, -0.2) is 0 Å². The number of hydrogen-bond donors (Lipinski definition) is 1. The molecular formula is C18H24N2O2. The topological polar surface area (TPSA) is 43.4 Å². The highest BCUT2D eigenvalue weighted by Crippen LogP contribution is 2.31. The Hall–Kier alpha value is -2.07. The number of aromatic nitrogens is 1. The molecule has 1 heterocycles. The third kappa shape index (κ3) is 4.46. The van der Waals surface area contributed by atoms with Crippen LogP contribution in [-0.2, 0) is 6.54 Å². The average Bonchev–Trinajstić information content (AvgIpc) is 2.53. The number of ether oxygens (including phenoxy) is 2. The molecule has 4 nitrogen and oxygen atoms in total. The molecule has 118 valence electrons. The molecule has 0 aliphatic heterocycles. The lowest BCUT2D eigenvalue weighted by Crippen LogP contribution is -2.18. The van der Waals surface area contributed by atoms with E-state index in [1.54, 1.807) is 13.3 Å². The quantitative estimate of drug-likeness (QED) is 0.846. The molecule has 0 amide bonds. The molecule has 1 aromatic heterocycles. The van der Waals surface area contributed by atoms with Crippen LogP contribution in [0.25, 0.3) is 0 Å². The Balaban J connectivity index is 2.04. The molecule has 2 aromatic rings. The number of methoxy groups -OCH3 is 1. The number of nitrogens with zero attached hydrogens (tertiary/aromatic N) is 1. The van der Waals surface area contributed by atoms with Crippen molar-refractivity contribution in [2.45, 2.75) is 39.5 Å². The Bertz CT molecular complexity index is 585. The first-order valence-corrected chi connectivity index (χ1v) is 7.57. The Morgan fingerprint density at radius 2 is 1.95 bits per heavy atom. The largest absolute Gasteiger partial charge is 0.493 e. The summed E-state index contributed by atoms with van der Waals surface area (Å²) in [4.78, 5) is 4.13. The first kappa shape index (κ1) is 16.3. The third-order valence-electron chi connectivity index (χ3n) is 3.39. The second-order valence-electron chi connectivity index (χ2n) is 5.54. The van der Waals surface area contributed by atoms with E-state index in [1.807, 2.05) is 38.2 Å². The van der Waals surface area contributed by atoms with Gasteiger partial charge in [0, 0.05) is 25.0 Å². The van der Waals surface area contributed by atoms with Crippen molar-refractivity contribution in [3.05, 3.63) is 53.9 Å². The maximum Gasteiger partial charge on any atom is 0.161 e. The van der Waals surface area contributed by atoms with Crippen LogP contribution >= 0.6 is 0 Å². The maximum absolute atomic E-state index is 5.75. The van der Waals surface area contributed by atoms with Gasteiger partial charge < -0.3 is 14.8 Å². The fourth-order valence-electron chi connectivity index (χ4n) is 2.20. The van der Waals surface area contributed by atoms with Crippen molar-refractivity contribution in [1.82, 2.24) is 10.3 Å². The van der Waals surface area contributed by atoms with E-state index in [2.05, 4.69) is 29.4 Å². The van der Waals surface area contributed by atoms with Crippen molar-refractivity contribution < 1.29 is 9.47 Å². The summed E-state index contributed by atoms with van der Waals surface area (Å²) in [5, 5.41) is 3.49. The zero-order chi connectivity index (χ0) is 15.9. The van der Waals surface area contributed by atoms with E-state index in [0.29, 0.717) is 0 Å². The van der Waals surface area contributed by atoms with Crippen molar-refractivity contribution in [3.8, 4) is 11.5 Å². The van der Waals surface area contributed by atoms with Crippen molar-refractivity contribution in [2.24, 2.45) is 0 Å². The molecule has 1 N–H and O–H groups in total. The summed E-state index contributed by atoms with van der Waals surface area (Å²) in [6.45, 7) is 6.92. The third-order valence-corrected chi connectivity index (χ3v) is 3.39. The number of pyridine rings is 1. The fourth-order valence-corrected chi connectivity index (χ4v) is 2.20. The van der Waals surface area contributed by atoms with Crippen LogP contribution in [0.1, 0.15) is 37.9 Å². The summed E-state index contributed by atoms with van der Waals surface area (Å²) >= 11 is 0. The van der Waals surface area contributed by atoms with Crippen LogP contribution < -0.4 is 14.8 Å². The van der Waals surface area contributed by atoms with E-state index >= 15 is 0 Å². The Morgan fingerprint density at radius 1 is 1.14 bits per heavy atom. The lowest BCUT2D eigenvalue weighted by Gasteiger charge is -2.18. The molecule has 1 unspecified atom stereocenters. The molecule has 0 radical (unpaired) electrons. The minimum atomic E-state index is 0.126. The Labute approximate surface area is 132 Å². The second kappa shape index (κ2) is 7.80. The van der Waals surface area contributed by atoms with Crippen molar-refractivity contribution >= 4 is 0 Å². The van der Waals surface area contributed by atoms with Gasteiger partial charge in [0.25, 0.3) is 0 Å². The molecule has 22 heavy (non-hydrogen) atoms. The molecule has 0 bridgehead atoms. The summed E-state index contributed by atoms with van der Waals surface area (Å²) < 4.78 is 11.2. The second-order valence-corrected chi connectivity index (χ2v) is 5.54. The lowest BCUT2D eigenvalue weighted by atomic mass is 10.1. The normalized spacial score (nSPS) is 12.2. The number of benzene rings is 1. The zero-order valence-corrected chi connectivity index (χ0v) is 13.7. The fraction of sp³-hybridized carbons (Fsp3) is 0.389. The smallest absolute Gasteiger partial charge is 0.161 e. The van der Waals surface area contributed by atoms with Crippen LogP contribution in [0.2, 0.25) is 0 Å². The summed E-state index contributed by atoms with van der Waals surface area (Å²) in [6.07, 6.45) is 3.78. The molecule has 0 aliphatic carbocycles. The van der Waals surface area contributed by atoms with Gasteiger partial charge in [0.05, 0.1) is 13.2 Å². The summed E-state index contributed by atoms with van der Waals surface area (Å²) in [5.74, 6) is 1.54. The van der Waals surface area contributed by atoms with Crippen molar-refractivity contribution in [1.29, 1.82) is 0 Å². The highest BCUT2D eigenvalue weighted by atomic mass is 16.5. The number of hydrogen-bond acceptors (Lipinski definition) is 4. The zero-order valence-electron chi connectivity index (χ0n) is 13.7. The first-order chi connectivity index (χ1) is 10.6. The van der Waals surface area contributed by atoms with Gasteiger partial charge in [-0.05, 0) is 50.1 Å². The predicted molar refractivity (Wildman–Crippen MR) is 88.2 cm³/mol. The van der Waals surface area contributed by atoms with Gasteiger partial charge in [-0.2, -0.15) is 0 Å². The summed E-state index contributed by atoms with van der Waals surface area (Å²) in [7, 11) is 1.67. The van der Waals surface area contributed by atoms with Gasteiger partial charge >= 0.3 is 0 Å². The van der Waals surface area contributed by atoms with Crippen LogP contribution in [0.15, 0.2) is 42.7 Å². The maximum atomic E-state index is 5.75. The number of rotatable bonds is 7. The van der Waals surface area contributed by atoms with Gasteiger partial charge in [-0.15, -0.1) is 0 Å². The SMILES string of the molecule is COc1cc(C(C)NCc2cccnc2)ccc1OC(C)C. The highest BCUT2D eigenvalue weighted by molar-refractivity contribution is 5.43. The molecule has 0 spiro atoms. The predicted octanol–water partition coefficient (Wildman–Crippen LogP) is 3.73. The number of nitrogens with one attached hydrogen (secondary N) is 1. The van der Waals surface area contributed by atoms with E-state index in [9.17, 15) is 0 Å². The summed E-state index contributed by atoms with van der Waals surface area (Å²) in [5.41, 5.74) is 2.33. The molecular weight excluding hydrogens is 276 g/mol. The summed E-state index contributed by atoms with van der Waals surface area (Å²) in [6, 6.07) is 10.3. The van der Waals surface area contributed by atoms with Crippen LogP contribution in [-0.4, -0.2) is 18.2 Å². The Morgan fingerprint density at radius 3 is 2.59 bits per heavy atom. The minimum Gasteiger partial charge on any atom is -0.493 e. The molecule has 1 aromatic carbocycles. The Kier molecular flexibility index (Phi) is 5.78. The van der Waals surface area contributed by atoms with Crippen LogP contribution in [0.3, 0.4) is 0 Å². The lowest BCUT2D eigenvalue weighted by molar-refractivity contribution is 0.230. The molecule has 0 fully saturated rings. The van der Waals surface area contributed by atoms with Crippen LogP contribution in [0, 0.1) is 0 Å². The van der Waals surface area contributed by atoms with E-state index < -0.39 is 0 Å². The molecule has 4 heteroatoms. The molecule has 1 atom stereocenters. The first-order valence-electron chi connectivity index (χ1n) is 7.57. The van der Waals surface area contributed by atoms with Gasteiger partial charge in [0.15, 0.2) is 11.5 Å². The van der Waals surface area contributed by atoms with Crippen molar-refractivity contribution in [3.63, 3.8) is 0 Å². The van der Waals surface area contributed by atoms with Gasteiger partial charge in [0.2, 0.25) is 0 Å². The molecule has 2 rings (SSSR count).